The molecule has 0 aliphatic rings. The summed E-state index contributed by atoms with van der Waals surface area (Å²) in [6.07, 6.45) is 1.69. The molecule has 2 aromatic rings. The molecule has 19 heavy (non-hydrogen) atoms. The van der Waals surface area contributed by atoms with Gasteiger partial charge in [0.15, 0.2) is 0 Å². The van der Waals surface area contributed by atoms with Crippen LogP contribution in [0.4, 0.5) is 0 Å². The van der Waals surface area contributed by atoms with Crippen LogP contribution in [0.15, 0.2) is 24.4 Å². The number of nitrogens with two attached hydrogens (primary N) is 1. The highest BCUT2D eigenvalue weighted by molar-refractivity contribution is 5.48. The molecule has 2 N–H and O–H groups in total. The first-order chi connectivity index (χ1) is 9.06. The van der Waals surface area contributed by atoms with Crippen molar-refractivity contribution in [2.45, 2.75) is 33.6 Å². The lowest BCUT2D eigenvalue weighted by molar-refractivity contribution is 0.748. The maximum atomic E-state index is 6.01. The smallest absolute Gasteiger partial charge is 0.0718 e. The highest BCUT2D eigenvalue weighted by Crippen LogP contribution is 2.31. The first-order valence-corrected chi connectivity index (χ1v) is 6.61. The van der Waals surface area contributed by atoms with E-state index in [1.807, 2.05) is 12.1 Å². The molecule has 0 spiro atoms. The lowest BCUT2D eigenvalue weighted by Crippen LogP contribution is -2.18. The lowest BCUT2D eigenvalue weighted by atomic mass is 9.84. The van der Waals surface area contributed by atoms with E-state index in [0.29, 0.717) is 6.54 Å². The Labute approximate surface area is 114 Å². The van der Waals surface area contributed by atoms with Crippen molar-refractivity contribution in [2.24, 2.45) is 5.73 Å². The van der Waals surface area contributed by atoms with E-state index in [0.717, 1.165) is 5.69 Å². The number of hydrogen-bond acceptors (Lipinski definition) is 3. The largest absolute Gasteiger partial charge is 0.329 e. The summed E-state index contributed by atoms with van der Waals surface area (Å²) in [4.78, 5) is 0. The zero-order valence-corrected chi connectivity index (χ0v) is 12.1. The first-order valence-electron chi connectivity index (χ1n) is 6.61. The van der Waals surface area contributed by atoms with Gasteiger partial charge in [0, 0.05) is 18.7 Å². The standard InChI is InChI=1S/C16H21N3/c1-10-8-11(2)13(4)16(12(10)3)14(9-17)15-6-5-7-18-19-15/h5-8,14H,9,17H2,1-4H3. The number of aryl methyl sites for hydroxylation is 2. The molecule has 2 rings (SSSR count). The summed E-state index contributed by atoms with van der Waals surface area (Å²) in [6.45, 7) is 9.17. The van der Waals surface area contributed by atoms with E-state index in [4.69, 9.17) is 5.73 Å². The van der Waals surface area contributed by atoms with Crippen molar-refractivity contribution in [1.29, 1.82) is 0 Å². The van der Waals surface area contributed by atoms with Gasteiger partial charge in [-0.05, 0) is 67.6 Å². The van der Waals surface area contributed by atoms with Crippen LogP contribution in [0, 0.1) is 27.7 Å². The molecule has 100 valence electrons. The third kappa shape index (κ3) is 2.51. The van der Waals surface area contributed by atoms with E-state index >= 15 is 0 Å². The maximum absolute atomic E-state index is 6.01. The van der Waals surface area contributed by atoms with E-state index in [1.54, 1.807) is 6.20 Å². The number of hydrogen-bond donors (Lipinski definition) is 1. The molecule has 0 bridgehead atoms. The second-order valence-electron chi connectivity index (χ2n) is 5.11. The van der Waals surface area contributed by atoms with Crippen molar-refractivity contribution in [3.63, 3.8) is 0 Å². The van der Waals surface area contributed by atoms with Crippen molar-refractivity contribution in [1.82, 2.24) is 10.2 Å². The van der Waals surface area contributed by atoms with Crippen LogP contribution in [0.25, 0.3) is 0 Å². The maximum Gasteiger partial charge on any atom is 0.0718 e. The first kappa shape index (κ1) is 13.7. The van der Waals surface area contributed by atoms with Gasteiger partial charge in [-0.15, -0.1) is 0 Å². The van der Waals surface area contributed by atoms with Crippen LogP contribution in [-0.2, 0) is 0 Å². The Kier molecular flexibility index (Phi) is 3.96. The van der Waals surface area contributed by atoms with Gasteiger partial charge < -0.3 is 5.73 Å². The minimum atomic E-state index is 0.118. The van der Waals surface area contributed by atoms with Gasteiger partial charge in [-0.2, -0.15) is 10.2 Å². The Morgan fingerprint density at radius 1 is 1.11 bits per heavy atom. The predicted octanol–water partition coefficient (Wildman–Crippen LogP) is 2.80. The molecule has 1 atom stereocenters. The summed E-state index contributed by atoms with van der Waals surface area (Å²) in [5.74, 6) is 0.118. The predicted molar refractivity (Wildman–Crippen MR) is 78.3 cm³/mol. The molecule has 0 aliphatic heterocycles. The van der Waals surface area contributed by atoms with Crippen LogP contribution in [0.2, 0.25) is 0 Å². The Bertz CT molecular complexity index is 550. The number of benzene rings is 1. The normalized spacial score (nSPS) is 12.5. The Morgan fingerprint density at radius 3 is 2.21 bits per heavy atom. The van der Waals surface area contributed by atoms with Crippen molar-refractivity contribution in [2.75, 3.05) is 6.54 Å². The second-order valence-corrected chi connectivity index (χ2v) is 5.11. The molecule has 0 fully saturated rings. The van der Waals surface area contributed by atoms with Crippen LogP contribution < -0.4 is 5.73 Å². The fraction of sp³-hybridized carbons (Fsp3) is 0.375. The van der Waals surface area contributed by atoms with Crippen molar-refractivity contribution in [3.8, 4) is 0 Å². The topological polar surface area (TPSA) is 51.8 Å². The fourth-order valence-corrected chi connectivity index (χ4v) is 2.66. The number of aromatic nitrogens is 2. The van der Waals surface area contributed by atoms with Crippen LogP contribution in [0.1, 0.15) is 39.4 Å². The third-order valence-electron chi connectivity index (χ3n) is 3.96. The van der Waals surface area contributed by atoms with Crippen molar-refractivity contribution < 1.29 is 0 Å². The Balaban J connectivity index is 2.62. The minimum Gasteiger partial charge on any atom is -0.329 e. The van der Waals surface area contributed by atoms with Gasteiger partial charge in [-0.1, -0.05) is 6.07 Å². The van der Waals surface area contributed by atoms with E-state index < -0.39 is 0 Å². The van der Waals surface area contributed by atoms with Crippen LogP contribution in [0.5, 0.6) is 0 Å². The third-order valence-corrected chi connectivity index (χ3v) is 3.96. The molecule has 0 saturated heterocycles. The van der Waals surface area contributed by atoms with Gasteiger partial charge in [0.25, 0.3) is 0 Å². The van der Waals surface area contributed by atoms with Crippen LogP contribution >= 0.6 is 0 Å². The summed E-state index contributed by atoms with van der Waals surface area (Å²) in [5.41, 5.74) is 13.5. The van der Waals surface area contributed by atoms with Gasteiger partial charge in [0.1, 0.15) is 0 Å². The van der Waals surface area contributed by atoms with E-state index in [9.17, 15) is 0 Å². The lowest BCUT2D eigenvalue weighted by Gasteiger charge is -2.22. The molecule has 0 radical (unpaired) electrons. The zero-order valence-electron chi connectivity index (χ0n) is 12.1. The van der Waals surface area contributed by atoms with Crippen LogP contribution in [-0.4, -0.2) is 16.7 Å². The van der Waals surface area contributed by atoms with E-state index in [-0.39, 0.29) is 5.92 Å². The highest BCUT2D eigenvalue weighted by atomic mass is 15.1. The van der Waals surface area contributed by atoms with Gasteiger partial charge in [0.2, 0.25) is 0 Å². The minimum absolute atomic E-state index is 0.118. The molecular formula is C16H21N3. The average Bonchev–Trinajstić information content (AvgIpc) is 2.42. The summed E-state index contributed by atoms with van der Waals surface area (Å²) in [7, 11) is 0. The van der Waals surface area contributed by atoms with E-state index in [2.05, 4.69) is 44.0 Å². The molecule has 1 aromatic heterocycles. The SMILES string of the molecule is Cc1cc(C)c(C)c(C(CN)c2cccnn2)c1C. The van der Waals surface area contributed by atoms with Gasteiger partial charge in [0.05, 0.1) is 5.69 Å². The molecule has 0 amide bonds. The van der Waals surface area contributed by atoms with Gasteiger partial charge in [-0.25, -0.2) is 0 Å². The average molecular weight is 255 g/mol. The summed E-state index contributed by atoms with van der Waals surface area (Å²) in [5, 5.41) is 8.22. The highest BCUT2D eigenvalue weighted by Gasteiger charge is 2.20. The molecule has 1 aromatic carbocycles. The molecule has 0 saturated carbocycles. The quantitative estimate of drug-likeness (QED) is 0.917. The van der Waals surface area contributed by atoms with E-state index in [1.165, 1.54) is 27.8 Å². The Hall–Kier alpha value is -1.74. The number of nitrogens with zero attached hydrogens (tertiary/aromatic N) is 2. The molecule has 3 heteroatoms. The monoisotopic (exact) mass is 255 g/mol. The van der Waals surface area contributed by atoms with Crippen molar-refractivity contribution >= 4 is 0 Å². The van der Waals surface area contributed by atoms with Gasteiger partial charge >= 0.3 is 0 Å². The summed E-state index contributed by atoms with van der Waals surface area (Å²) in [6, 6.07) is 6.15. The summed E-state index contributed by atoms with van der Waals surface area (Å²) < 4.78 is 0. The van der Waals surface area contributed by atoms with Gasteiger partial charge in [-0.3, -0.25) is 0 Å². The summed E-state index contributed by atoms with van der Waals surface area (Å²) >= 11 is 0. The molecule has 3 nitrogen and oxygen atoms in total. The van der Waals surface area contributed by atoms with Crippen molar-refractivity contribution in [3.05, 3.63) is 57.9 Å². The van der Waals surface area contributed by atoms with Crippen LogP contribution in [0.3, 0.4) is 0 Å². The fourth-order valence-electron chi connectivity index (χ4n) is 2.66. The zero-order chi connectivity index (χ0) is 14.0. The Morgan fingerprint density at radius 2 is 1.74 bits per heavy atom. The molecule has 1 unspecified atom stereocenters. The molecule has 1 heterocycles. The molecule has 0 aliphatic carbocycles. The molecular weight excluding hydrogens is 234 g/mol. The second kappa shape index (κ2) is 5.49. The number of rotatable bonds is 3.